The molecule has 0 aromatic heterocycles. The van der Waals surface area contributed by atoms with Gasteiger partial charge in [-0.15, -0.1) is 0 Å². The fourth-order valence-corrected chi connectivity index (χ4v) is 2.50. The average molecular weight is 279 g/mol. The standard InChI is InChI=1S/C14H21N3O3/c1-9-6-10(4-5-11(9)16-15)14(18)17-7-12(19-2)13(8-17)20-3/h4-6,12-13,16H,7-8,15H2,1-3H3. The Hall–Kier alpha value is -1.63. The van der Waals surface area contributed by atoms with E-state index in [0.717, 1.165) is 11.3 Å². The predicted octanol–water partition coefficient (Wildman–Crippen LogP) is 0.766. The molecule has 1 aromatic rings. The van der Waals surface area contributed by atoms with E-state index in [0.29, 0.717) is 18.7 Å². The topological polar surface area (TPSA) is 76.8 Å². The number of hydrazine groups is 1. The van der Waals surface area contributed by atoms with Crippen molar-refractivity contribution >= 4 is 11.6 Å². The van der Waals surface area contributed by atoms with Crippen LogP contribution in [0.1, 0.15) is 15.9 Å². The second kappa shape index (κ2) is 6.21. The molecule has 1 aromatic carbocycles. The molecule has 0 radical (unpaired) electrons. The molecule has 2 atom stereocenters. The number of anilines is 1. The number of carbonyl (C=O) groups is 1. The fourth-order valence-electron chi connectivity index (χ4n) is 2.50. The van der Waals surface area contributed by atoms with Crippen molar-refractivity contribution in [1.82, 2.24) is 4.90 Å². The molecule has 1 aliphatic rings. The maximum atomic E-state index is 12.5. The van der Waals surface area contributed by atoms with E-state index >= 15 is 0 Å². The number of hydrogen-bond donors (Lipinski definition) is 2. The lowest BCUT2D eigenvalue weighted by Crippen LogP contribution is -2.30. The summed E-state index contributed by atoms with van der Waals surface area (Å²) in [6.45, 7) is 3.00. The lowest BCUT2D eigenvalue weighted by molar-refractivity contribution is -0.00461. The van der Waals surface area contributed by atoms with Crippen LogP contribution in [0.25, 0.3) is 0 Å². The number of hydrogen-bond acceptors (Lipinski definition) is 5. The minimum atomic E-state index is -0.0740. The smallest absolute Gasteiger partial charge is 0.254 e. The zero-order valence-corrected chi connectivity index (χ0v) is 12.1. The van der Waals surface area contributed by atoms with E-state index in [9.17, 15) is 4.79 Å². The van der Waals surface area contributed by atoms with E-state index < -0.39 is 0 Å². The molecule has 6 nitrogen and oxygen atoms in total. The van der Waals surface area contributed by atoms with Gasteiger partial charge < -0.3 is 19.8 Å². The van der Waals surface area contributed by atoms with Crippen molar-refractivity contribution in [2.24, 2.45) is 5.84 Å². The zero-order chi connectivity index (χ0) is 14.7. The summed E-state index contributed by atoms with van der Waals surface area (Å²) < 4.78 is 10.7. The number of nitrogens with two attached hydrogens (primary N) is 1. The molecule has 1 saturated heterocycles. The normalized spacial score (nSPS) is 22.1. The first-order chi connectivity index (χ1) is 9.60. The number of benzene rings is 1. The molecule has 0 bridgehead atoms. The summed E-state index contributed by atoms with van der Waals surface area (Å²) >= 11 is 0. The number of likely N-dealkylation sites (tertiary alicyclic amines) is 1. The number of nitrogen functional groups attached to an aromatic ring is 1. The minimum Gasteiger partial charge on any atom is -0.377 e. The monoisotopic (exact) mass is 279 g/mol. The molecule has 2 rings (SSSR count). The Labute approximate surface area is 118 Å². The highest BCUT2D eigenvalue weighted by atomic mass is 16.5. The van der Waals surface area contributed by atoms with E-state index in [1.54, 1.807) is 31.3 Å². The first kappa shape index (κ1) is 14.8. The molecule has 0 aliphatic carbocycles. The van der Waals surface area contributed by atoms with Crippen molar-refractivity contribution in [3.8, 4) is 0 Å². The number of ether oxygens (including phenoxy) is 2. The largest absolute Gasteiger partial charge is 0.377 e. The number of rotatable bonds is 4. The van der Waals surface area contributed by atoms with Gasteiger partial charge in [0.15, 0.2) is 0 Å². The maximum Gasteiger partial charge on any atom is 0.254 e. The van der Waals surface area contributed by atoms with Crippen LogP contribution in [0.15, 0.2) is 18.2 Å². The lowest BCUT2D eigenvalue weighted by atomic mass is 10.1. The molecule has 20 heavy (non-hydrogen) atoms. The van der Waals surface area contributed by atoms with Crippen LogP contribution in [0.4, 0.5) is 5.69 Å². The van der Waals surface area contributed by atoms with Crippen molar-refractivity contribution < 1.29 is 14.3 Å². The highest BCUT2D eigenvalue weighted by molar-refractivity contribution is 5.95. The number of amides is 1. The maximum absolute atomic E-state index is 12.5. The molecule has 6 heteroatoms. The summed E-state index contributed by atoms with van der Waals surface area (Å²) in [5, 5.41) is 0. The van der Waals surface area contributed by atoms with Gasteiger partial charge in [0.05, 0.1) is 5.69 Å². The molecular weight excluding hydrogens is 258 g/mol. The third kappa shape index (κ3) is 2.77. The van der Waals surface area contributed by atoms with Gasteiger partial charge >= 0.3 is 0 Å². The summed E-state index contributed by atoms with van der Waals surface area (Å²) in [5.41, 5.74) is 4.99. The molecule has 2 unspecified atom stereocenters. The Kier molecular flexibility index (Phi) is 4.59. The van der Waals surface area contributed by atoms with E-state index in [-0.39, 0.29) is 18.1 Å². The van der Waals surface area contributed by atoms with E-state index in [4.69, 9.17) is 15.3 Å². The van der Waals surface area contributed by atoms with Crippen LogP contribution in [0.3, 0.4) is 0 Å². The van der Waals surface area contributed by atoms with Crippen LogP contribution in [-0.4, -0.2) is 50.3 Å². The number of aryl methyl sites for hydroxylation is 1. The number of nitrogens with one attached hydrogen (secondary N) is 1. The Balaban J connectivity index is 2.14. The molecule has 1 amide bonds. The Morgan fingerprint density at radius 3 is 2.35 bits per heavy atom. The van der Waals surface area contributed by atoms with E-state index in [1.807, 2.05) is 13.0 Å². The minimum absolute atomic E-state index is 0.0155. The van der Waals surface area contributed by atoms with Crippen molar-refractivity contribution in [3.63, 3.8) is 0 Å². The quantitative estimate of drug-likeness (QED) is 0.629. The molecule has 0 spiro atoms. The second-order valence-electron chi connectivity index (χ2n) is 4.93. The second-order valence-corrected chi connectivity index (χ2v) is 4.93. The Bertz CT molecular complexity index is 481. The summed E-state index contributed by atoms with van der Waals surface area (Å²) in [5.74, 6) is 5.38. The van der Waals surface area contributed by atoms with Crippen LogP contribution in [0.5, 0.6) is 0 Å². The lowest BCUT2D eigenvalue weighted by Gasteiger charge is -2.16. The SMILES string of the molecule is COC1CN(C(=O)c2ccc(NN)c(C)c2)CC1OC. The van der Waals surface area contributed by atoms with Crippen LogP contribution < -0.4 is 11.3 Å². The summed E-state index contributed by atoms with van der Waals surface area (Å²) in [4.78, 5) is 14.2. The van der Waals surface area contributed by atoms with Gasteiger partial charge in [0.25, 0.3) is 5.91 Å². The van der Waals surface area contributed by atoms with Crippen LogP contribution in [0, 0.1) is 6.92 Å². The van der Waals surface area contributed by atoms with Crippen molar-refractivity contribution in [3.05, 3.63) is 29.3 Å². The third-order valence-electron chi connectivity index (χ3n) is 3.74. The van der Waals surface area contributed by atoms with Crippen LogP contribution in [0.2, 0.25) is 0 Å². The Morgan fingerprint density at radius 2 is 1.90 bits per heavy atom. The van der Waals surface area contributed by atoms with Gasteiger partial charge in [0, 0.05) is 32.9 Å². The van der Waals surface area contributed by atoms with Gasteiger partial charge in [0.2, 0.25) is 0 Å². The fraction of sp³-hybridized carbons (Fsp3) is 0.500. The zero-order valence-electron chi connectivity index (χ0n) is 12.1. The molecule has 1 fully saturated rings. The van der Waals surface area contributed by atoms with Gasteiger partial charge in [-0.25, -0.2) is 0 Å². The highest BCUT2D eigenvalue weighted by Crippen LogP contribution is 2.21. The molecule has 3 N–H and O–H groups in total. The van der Waals surface area contributed by atoms with E-state index in [1.165, 1.54) is 0 Å². The molecular formula is C14H21N3O3. The number of methoxy groups -OCH3 is 2. The number of carbonyl (C=O) groups excluding carboxylic acids is 1. The van der Waals surface area contributed by atoms with Gasteiger partial charge in [-0.1, -0.05) is 0 Å². The van der Waals surface area contributed by atoms with E-state index in [2.05, 4.69) is 5.43 Å². The van der Waals surface area contributed by atoms with Crippen molar-refractivity contribution in [1.29, 1.82) is 0 Å². The third-order valence-corrected chi connectivity index (χ3v) is 3.74. The Morgan fingerprint density at radius 1 is 1.30 bits per heavy atom. The van der Waals surface area contributed by atoms with Crippen LogP contribution in [-0.2, 0) is 9.47 Å². The molecule has 110 valence electrons. The van der Waals surface area contributed by atoms with Gasteiger partial charge in [-0.3, -0.25) is 10.6 Å². The van der Waals surface area contributed by atoms with Gasteiger partial charge in [0.1, 0.15) is 12.2 Å². The summed E-state index contributed by atoms with van der Waals surface area (Å²) in [6, 6.07) is 5.41. The molecule has 0 saturated carbocycles. The van der Waals surface area contributed by atoms with Crippen LogP contribution >= 0.6 is 0 Å². The predicted molar refractivity (Wildman–Crippen MR) is 76.5 cm³/mol. The van der Waals surface area contributed by atoms with Crippen molar-refractivity contribution in [2.45, 2.75) is 19.1 Å². The summed E-state index contributed by atoms with van der Waals surface area (Å²) in [6.07, 6.45) is -0.148. The average Bonchev–Trinajstić information content (AvgIpc) is 2.89. The first-order valence-electron chi connectivity index (χ1n) is 6.52. The summed E-state index contributed by atoms with van der Waals surface area (Å²) in [7, 11) is 3.27. The number of nitrogens with zero attached hydrogens (tertiary/aromatic N) is 1. The first-order valence-corrected chi connectivity index (χ1v) is 6.52. The van der Waals surface area contributed by atoms with Gasteiger partial charge in [-0.05, 0) is 30.7 Å². The molecule has 1 heterocycles. The molecule has 1 aliphatic heterocycles. The highest BCUT2D eigenvalue weighted by Gasteiger charge is 2.35. The van der Waals surface area contributed by atoms with Gasteiger partial charge in [-0.2, -0.15) is 0 Å². The van der Waals surface area contributed by atoms with Crippen molar-refractivity contribution in [2.75, 3.05) is 32.7 Å².